The summed E-state index contributed by atoms with van der Waals surface area (Å²) in [6.45, 7) is 2.47. The van der Waals surface area contributed by atoms with Crippen LogP contribution in [0.1, 0.15) is 18.4 Å². The number of rotatable bonds is 8. The standard InChI is InChI=1S/C23H29NO5/c1-26-15-16-29-21-10-5-4-9-20(21)24-13-11-23(12-14-24,22(25)28-3)18-7-6-8-19(17-18)27-2/h4-10,17H,11-16H2,1-3H3. The van der Waals surface area contributed by atoms with Gasteiger partial charge >= 0.3 is 5.97 Å². The van der Waals surface area contributed by atoms with Crippen molar-refractivity contribution < 1.29 is 23.7 Å². The second-order valence-corrected chi connectivity index (χ2v) is 7.10. The maximum Gasteiger partial charge on any atom is 0.316 e. The molecule has 0 bridgehead atoms. The molecular weight excluding hydrogens is 370 g/mol. The van der Waals surface area contributed by atoms with Crippen molar-refractivity contribution in [3.8, 4) is 11.5 Å². The lowest BCUT2D eigenvalue weighted by Crippen LogP contribution is -2.48. The third kappa shape index (κ3) is 4.48. The first-order chi connectivity index (χ1) is 14.1. The van der Waals surface area contributed by atoms with E-state index < -0.39 is 5.41 Å². The van der Waals surface area contributed by atoms with Gasteiger partial charge in [0.05, 0.1) is 31.9 Å². The number of methoxy groups -OCH3 is 3. The minimum atomic E-state index is -0.675. The summed E-state index contributed by atoms with van der Waals surface area (Å²) < 4.78 is 21.6. The molecule has 1 saturated heterocycles. The van der Waals surface area contributed by atoms with Crippen LogP contribution in [-0.4, -0.2) is 53.6 Å². The molecule has 1 aliphatic heterocycles. The van der Waals surface area contributed by atoms with Crippen LogP contribution in [-0.2, 0) is 19.7 Å². The molecule has 29 heavy (non-hydrogen) atoms. The summed E-state index contributed by atoms with van der Waals surface area (Å²) in [5.41, 5.74) is 1.30. The van der Waals surface area contributed by atoms with Crippen LogP contribution in [0.5, 0.6) is 11.5 Å². The zero-order chi connectivity index (χ0) is 20.7. The molecule has 0 amide bonds. The van der Waals surface area contributed by atoms with E-state index in [4.69, 9.17) is 18.9 Å². The number of ether oxygens (including phenoxy) is 4. The van der Waals surface area contributed by atoms with Crippen LogP contribution < -0.4 is 14.4 Å². The van der Waals surface area contributed by atoms with Crippen LogP contribution in [0.3, 0.4) is 0 Å². The van der Waals surface area contributed by atoms with Gasteiger partial charge in [0.15, 0.2) is 0 Å². The number of hydrogen-bond donors (Lipinski definition) is 0. The Balaban J connectivity index is 1.82. The third-order valence-electron chi connectivity index (χ3n) is 5.57. The van der Waals surface area contributed by atoms with Gasteiger partial charge in [-0.1, -0.05) is 24.3 Å². The molecule has 3 rings (SSSR count). The van der Waals surface area contributed by atoms with Crippen LogP contribution in [0.15, 0.2) is 48.5 Å². The lowest BCUT2D eigenvalue weighted by Gasteiger charge is -2.41. The van der Waals surface area contributed by atoms with Crippen LogP contribution in [0.4, 0.5) is 5.69 Å². The van der Waals surface area contributed by atoms with Crippen LogP contribution >= 0.6 is 0 Å². The smallest absolute Gasteiger partial charge is 0.316 e. The average molecular weight is 399 g/mol. The summed E-state index contributed by atoms with van der Waals surface area (Å²) in [5.74, 6) is 1.37. The number of esters is 1. The SMILES string of the molecule is COCCOc1ccccc1N1CCC(C(=O)OC)(c2cccc(OC)c2)CC1. The molecule has 0 aliphatic carbocycles. The summed E-state index contributed by atoms with van der Waals surface area (Å²) in [7, 11) is 4.74. The van der Waals surface area contributed by atoms with Gasteiger partial charge in [0.1, 0.15) is 18.1 Å². The predicted octanol–water partition coefficient (Wildman–Crippen LogP) is 3.43. The number of benzene rings is 2. The minimum absolute atomic E-state index is 0.199. The molecule has 0 aromatic heterocycles. The van der Waals surface area contributed by atoms with E-state index in [2.05, 4.69) is 11.0 Å². The van der Waals surface area contributed by atoms with E-state index in [1.165, 1.54) is 7.11 Å². The summed E-state index contributed by atoms with van der Waals surface area (Å²) in [6.07, 6.45) is 1.30. The Morgan fingerprint density at radius 3 is 2.45 bits per heavy atom. The van der Waals surface area contributed by atoms with E-state index in [-0.39, 0.29) is 5.97 Å². The number of nitrogens with zero attached hydrogens (tertiary/aromatic N) is 1. The van der Waals surface area contributed by atoms with Gasteiger partial charge in [-0.25, -0.2) is 0 Å². The molecule has 0 spiro atoms. The largest absolute Gasteiger partial charge is 0.497 e. The summed E-state index contributed by atoms with van der Waals surface area (Å²) in [5, 5.41) is 0. The topological polar surface area (TPSA) is 57.2 Å². The highest BCUT2D eigenvalue weighted by molar-refractivity contribution is 5.84. The number of carbonyl (C=O) groups is 1. The quantitative estimate of drug-likeness (QED) is 0.501. The molecule has 1 heterocycles. The fourth-order valence-electron chi connectivity index (χ4n) is 3.93. The molecule has 0 saturated carbocycles. The number of anilines is 1. The fraction of sp³-hybridized carbons (Fsp3) is 0.435. The second kappa shape index (κ2) is 9.65. The molecule has 6 nitrogen and oxygen atoms in total. The van der Waals surface area contributed by atoms with Gasteiger partial charge in [-0.3, -0.25) is 4.79 Å². The molecule has 0 unspecified atom stereocenters. The molecule has 2 aromatic carbocycles. The Hall–Kier alpha value is -2.73. The molecule has 2 aromatic rings. The highest BCUT2D eigenvalue weighted by Gasteiger charge is 2.44. The van der Waals surface area contributed by atoms with Gasteiger partial charge in [-0.15, -0.1) is 0 Å². The third-order valence-corrected chi connectivity index (χ3v) is 5.57. The predicted molar refractivity (Wildman–Crippen MR) is 112 cm³/mol. The Morgan fingerprint density at radius 2 is 1.76 bits per heavy atom. The first kappa shape index (κ1) is 21.0. The van der Waals surface area contributed by atoms with E-state index in [9.17, 15) is 4.79 Å². The summed E-state index contributed by atoms with van der Waals surface area (Å²) in [6, 6.07) is 15.7. The number of carbonyl (C=O) groups excluding carboxylic acids is 1. The van der Waals surface area contributed by atoms with Crippen molar-refractivity contribution >= 4 is 11.7 Å². The summed E-state index contributed by atoms with van der Waals surface area (Å²) in [4.78, 5) is 15.1. The zero-order valence-corrected chi connectivity index (χ0v) is 17.3. The molecule has 0 N–H and O–H groups in total. The van der Waals surface area contributed by atoms with Crippen LogP contribution in [0, 0.1) is 0 Å². The van der Waals surface area contributed by atoms with E-state index >= 15 is 0 Å². The van der Waals surface area contributed by atoms with Gasteiger partial charge in [0, 0.05) is 20.2 Å². The van der Waals surface area contributed by atoms with Gasteiger partial charge in [0.2, 0.25) is 0 Å². The van der Waals surface area contributed by atoms with Crippen LogP contribution in [0.25, 0.3) is 0 Å². The molecule has 1 fully saturated rings. The van der Waals surface area contributed by atoms with E-state index in [1.54, 1.807) is 14.2 Å². The first-order valence-electron chi connectivity index (χ1n) is 9.83. The lowest BCUT2D eigenvalue weighted by molar-refractivity contribution is -0.148. The van der Waals surface area contributed by atoms with Crippen molar-refractivity contribution in [2.24, 2.45) is 0 Å². The van der Waals surface area contributed by atoms with Crippen molar-refractivity contribution in [2.45, 2.75) is 18.3 Å². The minimum Gasteiger partial charge on any atom is -0.497 e. The Morgan fingerprint density at radius 1 is 1.00 bits per heavy atom. The van der Waals surface area contributed by atoms with Gasteiger partial charge in [0.25, 0.3) is 0 Å². The maximum absolute atomic E-state index is 12.9. The molecule has 1 aliphatic rings. The molecular formula is C23H29NO5. The molecule has 156 valence electrons. The number of para-hydroxylation sites is 2. The van der Waals surface area contributed by atoms with E-state index in [0.717, 1.165) is 35.8 Å². The van der Waals surface area contributed by atoms with E-state index in [1.807, 2.05) is 42.5 Å². The highest BCUT2D eigenvalue weighted by atomic mass is 16.5. The zero-order valence-electron chi connectivity index (χ0n) is 17.3. The normalized spacial score (nSPS) is 15.6. The van der Waals surface area contributed by atoms with Crippen molar-refractivity contribution in [3.63, 3.8) is 0 Å². The number of hydrogen-bond acceptors (Lipinski definition) is 6. The van der Waals surface area contributed by atoms with Gasteiger partial charge < -0.3 is 23.8 Å². The van der Waals surface area contributed by atoms with Crippen molar-refractivity contribution in [2.75, 3.05) is 52.5 Å². The number of piperidine rings is 1. The molecule has 0 radical (unpaired) electrons. The Kier molecular flexibility index (Phi) is 6.99. The van der Waals surface area contributed by atoms with Crippen molar-refractivity contribution in [1.82, 2.24) is 0 Å². The van der Waals surface area contributed by atoms with Crippen molar-refractivity contribution in [1.29, 1.82) is 0 Å². The molecule has 0 atom stereocenters. The van der Waals surface area contributed by atoms with Crippen LogP contribution in [0.2, 0.25) is 0 Å². The lowest BCUT2D eigenvalue weighted by atomic mass is 9.72. The summed E-state index contributed by atoms with van der Waals surface area (Å²) >= 11 is 0. The Bertz CT molecular complexity index is 814. The monoisotopic (exact) mass is 399 g/mol. The maximum atomic E-state index is 12.9. The fourth-order valence-corrected chi connectivity index (χ4v) is 3.93. The average Bonchev–Trinajstić information content (AvgIpc) is 2.79. The van der Waals surface area contributed by atoms with Crippen molar-refractivity contribution in [3.05, 3.63) is 54.1 Å². The highest BCUT2D eigenvalue weighted by Crippen LogP contribution is 2.40. The van der Waals surface area contributed by atoms with E-state index in [0.29, 0.717) is 26.1 Å². The molecule has 6 heteroatoms. The second-order valence-electron chi connectivity index (χ2n) is 7.10. The first-order valence-corrected chi connectivity index (χ1v) is 9.83. The Labute approximate surface area is 172 Å². The van der Waals surface area contributed by atoms with Gasteiger partial charge in [-0.2, -0.15) is 0 Å². The van der Waals surface area contributed by atoms with Gasteiger partial charge in [-0.05, 0) is 42.7 Å².